The SMILES string of the molecule is O=c1ccc2cc(S(=O)(=O)NCCc3ccccc3)c(Cl)cc2[nH]1. The largest absolute Gasteiger partial charge is 0.322 e. The summed E-state index contributed by atoms with van der Waals surface area (Å²) in [5.41, 5.74) is 1.27. The van der Waals surface area contributed by atoms with Gasteiger partial charge in [0.1, 0.15) is 4.90 Å². The maximum atomic E-state index is 12.5. The molecule has 0 saturated heterocycles. The number of benzene rings is 2. The maximum absolute atomic E-state index is 12.5. The molecule has 2 N–H and O–H groups in total. The highest BCUT2D eigenvalue weighted by molar-refractivity contribution is 7.89. The van der Waals surface area contributed by atoms with Crippen molar-refractivity contribution in [2.75, 3.05) is 6.54 Å². The van der Waals surface area contributed by atoms with Crippen LogP contribution in [0, 0.1) is 0 Å². The number of sulfonamides is 1. The fourth-order valence-electron chi connectivity index (χ4n) is 2.41. The highest BCUT2D eigenvalue weighted by atomic mass is 35.5. The predicted molar refractivity (Wildman–Crippen MR) is 94.9 cm³/mol. The van der Waals surface area contributed by atoms with Crippen molar-refractivity contribution in [2.45, 2.75) is 11.3 Å². The highest BCUT2D eigenvalue weighted by Gasteiger charge is 2.18. The first kappa shape index (κ1) is 16.7. The van der Waals surface area contributed by atoms with E-state index in [4.69, 9.17) is 11.6 Å². The average molecular weight is 363 g/mol. The van der Waals surface area contributed by atoms with E-state index >= 15 is 0 Å². The maximum Gasteiger partial charge on any atom is 0.248 e. The Kier molecular flexibility index (Phi) is 4.71. The Morgan fingerprint density at radius 2 is 1.79 bits per heavy atom. The zero-order valence-corrected chi connectivity index (χ0v) is 14.2. The molecule has 0 amide bonds. The summed E-state index contributed by atoms with van der Waals surface area (Å²) in [6.07, 6.45) is 0.582. The van der Waals surface area contributed by atoms with Crippen molar-refractivity contribution in [1.29, 1.82) is 0 Å². The number of pyridine rings is 1. The first-order valence-corrected chi connectivity index (χ1v) is 9.18. The summed E-state index contributed by atoms with van der Waals surface area (Å²) >= 11 is 6.09. The lowest BCUT2D eigenvalue weighted by atomic mass is 10.2. The van der Waals surface area contributed by atoms with Gasteiger partial charge in [-0.2, -0.15) is 0 Å². The van der Waals surface area contributed by atoms with Crippen molar-refractivity contribution in [3.8, 4) is 0 Å². The average Bonchev–Trinajstić information content (AvgIpc) is 2.54. The lowest BCUT2D eigenvalue weighted by molar-refractivity contribution is 0.582. The molecule has 0 radical (unpaired) electrons. The van der Waals surface area contributed by atoms with E-state index in [0.717, 1.165) is 5.56 Å². The second kappa shape index (κ2) is 6.76. The van der Waals surface area contributed by atoms with Gasteiger partial charge in [0, 0.05) is 18.1 Å². The Morgan fingerprint density at radius 1 is 1.04 bits per heavy atom. The fourth-order valence-corrected chi connectivity index (χ4v) is 4.01. The summed E-state index contributed by atoms with van der Waals surface area (Å²) in [5.74, 6) is 0. The molecule has 0 bridgehead atoms. The first-order chi connectivity index (χ1) is 11.5. The van der Waals surface area contributed by atoms with Gasteiger partial charge in [0.15, 0.2) is 0 Å². The van der Waals surface area contributed by atoms with Crippen LogP contribution in [-0.4, -0.2) is 19.9 Å². The summed E-state index contributed by atoms with van der Waals surface area (Å²) in [6.45, 7) is 0.270. The lowest BCUT2D eigenvalue weighted by Gasteiger charge is -2.10. The summed E-state index contributed by atoms with van der Waals surface area (Å²) in [5, 5.41) is 0.666. The molecule has 2 aromatic carbocycles. The number of aromatic amines is 1. The Hall–Kier alpha value is -2.15. The van der Waals surface area contributed by atoms with E-state index < -0.39 is 10.0 Å². The van der Waals surface area contributed by atoms with Gasteiger partial charge in [-0.05, 0) is 35.6 Å². The van der Waals surface area contributed by atoms with E-state index in [1.54, 1.807) is 6.07 Å². The normalized spacial score (nSPS) is 11.7. The van der Waals surface area contributed by atoms with Crippen LogP contribution in [0.1, 0.15) is 5.56 Å². The number of rotatable bonds is 5. The molecule has 5 nitrogen and oxygen atoms in total. The minimum atomic E-state index is -3.74. The molecule has 0 aliphatic rings. The molecular formula is C17H15ClN2O3S. The van der Waals surface area contributed by atoms with Crippen LogP contribution in [0.4, 0.5) is 0 Å². The lowest BCUT2D eigenvalue weighted by Crippen LogP contribution is -2.26. The van der Waals surface area contributed by atoms with E-state index in [-0.39, 0.29) is 22.0 Å². The molecule has 124 valence electrons. The Bertz CT molecular complexity index is 1030. The van der Waals surface area contributed by atoms with Crippen LogP contribution >= 0.6 is 11.6 Å². The summed E-state index contributed by atoms with van der Waals surface area (Å²) < 4.78 is 27.5. The van der Waals surface area contributed by atoms with Crippen LogP contribution in [-0.2, 0) is 16.4 Å². The third-order valence-corrected chi connectivity index (χ3v) is 5.54. The Balaban J connectivity index is 1.83. The van der Waals surface area contributed by atoms with Crippen LogP contribution in [0.5, 0.6) is 0 Å². The van der Waals surface area contributed by atoms with E-state index in [1.807, 2.05) is 30.3 Å². The Labute approximate surface area is 144 Å². The molecule has 1 heterocycles. The van der Waals surface area contributed by atoms with Gasteiger partial charge in [-0.15, -0.1) is 0 Å². The number of fused-ring (bicyclic) bond motifs is 1. The number of aromatic nitrogens is 1. The second-order valence-electron chi connectivity index (χ2n) is 5.33. The molecule has 0 aliphatic heterocycles. The van der Waals surface area contributed by atoms with E-state index in [9.17, 15) is 13.2 Å². The molecule has 0 fully saturated rings. The van der Waals surface area contributed by atoms with Gasteiger partial charge < -0.3 is 4.98 Å². The van der Waals surface area contributed by atoms with Crippen molar-refractivity contribution in [3.05, 3.63) is 75.5 Å². The minimum Gasteiger partial charge on any atom is -0.322 e. The van der Waals surface area contributed by atoms with Gasteiger partial charge in [0.25, 0.3) is 0 Å². The minimum absolute atomic E-state index is 0.00298. The number of nitrogens with one attached hydrogen (secondary N) is 2. The quantitative estimate of drug-likeness (QED) is 0.732. The second-order valence-corrected chi connectivity index (χ2v) is 7.47. The van der Waals surface area contributed by atoms with Gasteiger partial charge in [-0.25, -0.2) is 13.1 Å². The molecule has 0 atom stereocenters. The van der Waals surface area contributed by atoms with Crippen molar-refractivity contribution in [1.82, 2.24) is 9.71 Å². The molecular weight excluding hydrogens is 348 g/mol. The summed E-state index contributed by atoms with van der Waals surface area (Å²) in [4.78, 5) is 13.9. The van der Waals surface area contributed by atoms with E-state index in [1.165, 1.54) is 18.2 Å². The number of hydrogen-bond donors (Lipinski definition) is 2. The third-order valence-electron chi connectivity index (χ3n) is 3.61. The monoisotopic (exact) mass is 362 g/mol. The van der Waals surface area contributed by atoms with Crippen molar-refractivity contribution in [3.63, 3.8) is 0 Å². The van der Waals surface area contributed by atoms with Crippen LogP contribution in [0.25, 0.3) is 10.9 Å². The van der Waals surface area contributed by atoms with Crippen molar-refractivity contribution < 1.29 is 8.42 Å². The Morgan fingerprint density at radius 3 is 2.54 bits per heavy atom. The molecule has 0 saturated carbocycles. The molecule has 0 aliphatic carbocycles. The summed E-state index contributed by atoms with van der Waals surface area (Å²) in [6, 6.07) is 15.4. The van der Waals surface area contributed by atoms with Gasteiger partial charge in [0.05, 0.1) is 5.02 Å². The smallest absolute Gasteiger partial charge is 0.248 e. The topological polar surface area (TPSA) is 79.0 Å². The summed E-state index contributed by atoms with van der Waals surface area (Å²) in [7, 11) is -3.74. The zero-order chi connectivity index (χ0) is 17.2. The number of H-pyrrole nitrogens is 1. The number of halogens is 1. The van der Waals surface area contributed by atoms with Crippen molar-refractivity contribution >= 4 is 32.5 Å². The van der Waals surface area contributed by atoms with Crippen LogP contribution in [0.3, 0.4) is 0 Å². The molecule has 0 unspecified atom stereocenters. The molecule has 3 aromatic rings. The predicted octanol–water partition coefficient (Wildman–Crippen LogP) is 2.70. The standard InChI is InChI=1S/C17H15ClN2O3S/c18-14-11-15-13(6-7-17(21)20-15)10-16(14)24(22,23)19-9-8-12-4-2-1-3-5-12/h1-7,10-11,19H,8-9H2,(H,20,21). The first-order valence-electron chi connectivity index (χ1n) is 7.32. The fraction of sp³-hybridized carbons (Fsp3) is 0.118. The van der Waals surface area contributed by atoms with Gasteiger partial charge >= 0.3 is 0 Å². The van der Waals surface area contributed by atoms with E-state index in [2.05, 4.69) is 9.71 Å². The van der Waals surface area contributed by atoms with Gasteiger partial charge in [-0.1, -0.05) is 41.9 Å². The van der Waals surface area contributed by atoms with Gasteiger partial charge in [0.2, 0.25) is 15.6 Å². The molecule has 1 aromatic heterocycles. The number of hydrogen-bond acceptors (Lipinski definition) is 3. The zero-order valence-electron chi connectivity index (χ0n) is 12.6. The molecule has 7 heteroatoms. The van der Waals surface area contributed by atoms with Crippen LogP contribution in [0.2, 0.25) is 5.02 Å². The van der Waals surface area contributed by atoms with E-state index in [0.29, 0.717) is 17.3 Å². The molecule has 0 spiro atoms. The third kappa shape index (κ3) is 3.67. The van der Waals surface area contributed by atoms with Gasteiger partial charge in [-0.3, -0.25) is 4.79 Å². The van der Waals surface area contributed by atoms with Crippen LogP contribution < -0.4 is 10.3 Å². The van der Waals surface area contributed by atoms with Crippen LogP contribution in [0.15, 0.2) is 64.3 Å². The molecule has 24 heavy (non-hydrogen) atoms. The van der Waals surface area contributed by atoms with Crippen molar-refractivity contribution in [2.24, 2.45) is 0 Å². The molecule has 3 rings (SSSR count). The highest BCUT2D eigenvalue weighted by Crippen LogP contribution is 2.25.